The van der Waals surface area contributed by atoms with Gasteiger partial charge in [-0.25, -0.2) is 0 Å². The molecule has 3 rings (SSSR count). The lowest BCUT2D eigenvalue weighted by Gasteiger charge is -2.20. The first-order valence-corrected chi connectivity index (χ1v) is 8.59. The summed E-state index contributed by atoms with van der Waals surface area (Å²) in [6, 6.07) is 14.5. The molecule has 2 aromatic rings. The van der Waals surface area contributed by atoms with Crippen molar-refractivity contribution in [2.45, 2.75) is 13.3 Å². The smallest absolute Gasteiger partial charge is 0.229 e. The topological polar surface area (TPSA) is 67.9 Å². The number of amides is 2. The monoisotopic (exact) mass is 354 g/mol. The Morgan fingerprint density at radius 1 is 1.19 bits per heavy atom. The minimum absolute atomic E-state index is 0.0768. The molecule has 136 valence electrons. The third-order valence-electron chi connectivity index (χ3n) is 4.31. The van der Waals surface area contributed by atoms with Crippen LogP contribution >= 0.6 is 0 Å². The van der Waals surface area contributed by atoms with Gasteiger partial charge in [-0.3, -0.25) is 9.59 Å². The van der Waals surface area contributed by atoms with E-state index in [1.54, 1.807) is 36.3 Å². The van der Waals surface area contributed by atoms with Crippen LogP contribution in [0.25, 0.3) is 0 Å². The number of hydrogen-bond acceptors (Lipinski definition) is 4. The zero-order valence-electron chi connectivity index (χ0n) is 14.9. The number of methoxy groups -OCH3 is 1. The Morgan fingerprint density at radius 3 is 2.62 bits per heavy atom. The van der Waals surface area contributed by atoms with Gasteiger partial charge in [0.05, 0.1) is 25.3 Å². The van der Waals surface area contributed by atoms with Crippen molar-refractivity contribution >= 4 is 23.2 Å². The minimum atomic E-state index is -0.403. The third-order valence-corrected chi connectivity index (χ3v) is 4.31. The van der Waals surface area contributed by atoms with E-state index in [0.29, 0.717) is 30.3 Å². The van der Waals surface area contributed by atoms with E-state index in [2.05, 4.69) is 5.32 Å². The zero-order valence-corrected chi connectivity index (χ0v) is 14.9. The highest BCUT2D eigenvalue weighted by Gasteiger charge is 2.36. The highest BCUT2D eigenvalue weighted by molar-refractivity contribution is 6.04. The predicted molar refractivity (Wildman–Crippen MR) is 99.7 cm³/mol. The molecule has 1 N–H and O–H groups in total. The first-order valence-electron chi connectivity index (χ1n) is 8.59. The largest absolute Gasteiger partial charge is 0.497 e. The van der Waals surface area contributed by atoms with Gasteiger partial charge in [0, 0.05) is 18.7 Å². The Balaban J connectivity index is 1.70. The molecule has 1 heterocycles. The molecule has 0 aliphatic carbocycles. The molecular formula is C20H22N2O4. The summed E-state index contributed by atoms with van der Waals surface area (Å²) in [5.41, 5.74) is 1.38. The van der Waals surface area contributed by atoms with E-state index >= 15 is 0 Å². The van der Waals surface area contributed by atoms with Gasteiger partial charge in [0.25, 0.3) is 0 Å². The fourth-order valence-corrected chi connectivity index (χ4v) is 2.99. The maximum atomic E-state index is 12.5. The zero-order chi connectivity index (χ0) is 18.5. The van der Waals surface area contributed by atoms with Gasteiger partial charge >= 0.3 is 0 Å². The summed E-state index contributed by atoms with van der Waals surface area (Å²) in [6.07, 6.45) is 0.183. The first kappa shape index (κ1) is 17.8. The number of benzene rings is 2. The van der Waals surface area contributed by atoms with Crippen molar-refractivity contribution in [2.75, 3.05) is 30.5 Å². The molecule has 0 spiro atoms. The molecule has 0 aromatic heterocycles. The van der Waals surface area contributed by atoms with Crippen LogP contribution in [0.4, 0.5) is 11.4 Å². The maximum Gasteiger partial charge on any atom is 0.229 e. The van der Waals surface area contributed by atoms with Gasteiger partial charge in [0.1, 0.15) is 11.5 Å². The molecule has 0 unspecified atom stereocenters. The van der Waals surface area contributed by atoms with Gasteiger partial charge in [-0.1, -0.05) is 12.1 Å². The number of para-hydroxylation sites is 2. The summed E-state index contributed by atoms with van der Waals surface area (Å²) >= 11 is 0. The fraction of sp³-hybridized carbons (Fsp3) is 0.300. The Labute approximate surface area is 152 Å². The summed E-state index contributed by atoms with van der Waals surface area (Å²) in [6.45, 7) is 2.75. The van der Waals surface area contributed by atoms with Gasteiger partial charge in [-0.15, -0.1) is 0 Å². The minimum Gasteiger partial charge on any atom is -0.497 e. The highest BCUT2D eigenvalue weighted by Crippen LogP contribution is 2.33. The van der Waals surface area contributed by atoms with Crippen molar-refractivity contribution in [1.29, 1.82) is 0 Å². The van der Waals surface area contributed by atoms with E-state index < -0.39 is 5.92 Å². The predicted octanol–water partition coefficient (Wildman–Crippen LogP) is 3.09. The van der Waals surface area contributed by atoms with E-state index in [9.17, 15) is 9.59 Å². The van der Waals surface area contributed by atoms with Gasteiger partial charge in [-0.2, -0.15) is 0 Å². The lowest BCUT2D eigenvalue weighted by molar-refractivity contribution is -0.122. The molecule has 1 saturated heterocycles. The van der Waals surface area contributed by atoms with Crippen molar-refractivity contribution in [1.82, 2.24) is 0 Å². The molecule has 1 atom stereocenters. The van der Waals surface area contributed by atoms with Crippen molar-refractivity contribution in [3.8, 4) is 11.5 Å². The van der Waals surface area contributed by atoms with E-state index in [1.807, 2.05) is 31.2 Å². The number of ether oxygens (including phenoxy) is 2. The van der Waals surface area contributed by atoms with Crippen LogP contribution in [0.3, 0.4) is 0 Å². The van der Waals surface area contributed by atoms with Crippen molar-refractivity contribution in [3.05, 3.63) is 48.5 Å². The second-order valence-corrected chi connectivity index (χ2v) is 6.02. The van der Waals surface area contributed by atoms with Crippen LogP contribution in [0.1, 0.15) is 13.3 Å². The number of nitrogens with zero attached hydrogens (tertiary/aromatic N) is 1. The summed E-state index contributed by atoms with van der Waals surface area (Å²) in [5.74, 6) is 0.725. The summed E-state index contributed by atoms with van der Waals surface area (Å²) < 4.78 is 10.7. The fourth-order valence-electron chi connectivity index (χ4n) is 2.99. The number of rotatable bonds is 6. The van der Waals surface area contributed by atoms with Crippen LogP contribution in [-0.2, 0) is 9.59 Å². The summed E-state index contributed by atoms with van der Waals surface area (Å²) in [5, 5.41) is 2.86. The van der Waals surface area contributed by atoms with Gasteiger partial charge < -0.3 is 19.7 Å². The molecule has 26 heavy (non-hydrogen) atoms. The average Bonchev–Trinajstić information content (AvgIpc) is 3.05. The summed E-state index contributed by atoms with van der Waals surface area (Å²) in [4.78, 5) is 26.6. The Bertz CT molecular complexity index is 789. The molecule has 1 aliphatic rings. The Kier molecular flexibility index (Phi) is 5.41. The van der Waals surface area contributed by atoms with E-state index in [1.165, 1.54) is 0 Å². The van der Waals surface area contributed by atoms with Gasteiger partial charge in [-0.05, 0) is 43.3 Å². The van der Waals surface area contributed by atoms with E-state index in [4.69, 9.17) is 9.47 Å². The second kappa shape index (κ2) is 7.91. The van der Waals surface area contributed by atoms with E-state index in [-0.39, 0.29) is 18.2 Å². The molecule has 1 aliphatic heterocycles. The van der Waals surface area contributed by atoms with Gasteiger partial charge in [0.15, 0.2) is 0 Å². The molecule has 0 radical (unpaired) electrons. The van der Waals surface area contributed by atoms with Crippen LogP contribution < -0.4 is 19.7 Å². The van der Waals surface area contributed by atoms with Crippen LogP contribution in [0.15, 0.2) is 48.5 Å². The SMILES string of the molecule is CCOc1ccccc1N1C[C@@H](C(=O)Nc2ccc(OC)cc2)CC1=O. The molecule has 1 fully saturated rings. The van der Waals surface area contributed by atoms with Crippen molar-refractivity contribution < 1.29 is 19.1 Å². The molecule has 6 nitrogen and oxygen atoms in total. The lowest BCUT2D eigenvalue weighted by atomic mass is 10.1. The molecule has 0 saturated carbocycles. The molecule has 0 bridgehead atoms. The molecule has 2 aromatic carbocycles. The van der Waals surface area contributed by atoms with Crippen molar-refractivity contribution in [3.63, 3.8) is 0 Å². The number of carbonyl (C=O) groups excluding carboxylic acids is 2. The highest BCUT2D eigenvalue weighted by atomic mass is 16.5. The molecule has 2 amide bonds. The summed E-state index contributed by atoms with van der Waals surface area (Å²) in [7, 11) is 1.59. The first-order chi connectivity index (χ1) is 12.6. The number of nitrogens with one attached hydrogen (secondary N) is 1. The second-order valence-electron chi connectivity index (χ2n) is 6.02. The maximum absolute atomic E-state index is 12.5. The lowest BCUT2D eigenvalue weighted by Crippen LogP contribution is -2.28. The third kappa shape index (κ3) is 3.79. The van der Waals surface area contributed by atoms with E-state index in [0.717, 1.165) is 5.75 Å². The van der Waals surface area contributed by atoms with Crippen molar-refractivity contribution in [2.24, 2.45) is 5.92 Å². The Morgan fingerprint density at radius 2 is 1.92 bits per heavy atom. The number of anilines is 2. The number of carbonyl (C=O) groups is 2. The standard InChI is InChI=1S/C20H22N2O4/c1-3-26-18-7-5-4-6-17(18)22-13-14(12-19(22)23)20(24)21-15-8-10-16(25-2)11-9-15/h4-11,14H,3,12-13H2,1-2H3,(H,21,24)/t14-/m0/s1. The molecule has 6 heteroatoms. The average molecular weight is 354 g/mol. The normalized spacial score (nSPS) is 16.5. The Hall–Kier alpha value is -3.02. The quantitative estimate of drug-likeness (QED) is 0.866. The number of hydrogen-bond donors (Lipinski definition) is 1. The van der Waals surface area contributed by atoms with Crippen LogP contribution in [-0.4, -0.2) is 32.1 Å². The van der Waals surface area contributed by atoms with Crippen LogP contribution in [0, 0.1) is 5.92 Å². The molecular weight excluding hydrogens is 332 g/mol. The van der Waals surface area contributed by atoms with Gasteiger partial charge in [0.2, 0.25) is 11.8 Å². The van der Waals surface area contributed by atoms with Crippen LogP contribution in [0.2, 0.25) is 0 Å². The van der Waals surface area contributed by atoms with Crippen LogP contribution in [0.5, 0.6) is 11.5 Å².